The van der Waals surface area contributed by atoms with Crippen molar-refractivity contribution < 1.29 is 4.79 Å². The fraction of sp³-hybridized carbons (Fsp3) is 0.286. The van der Waals surface area contributed by atoms with Crippen LogP contribution in [0, 0.1) is 6.92 Å². The molecule has 0 saturated carbocycles. The first-order chi connectivity index (χ1) is 13.2. The molecule has 0 aromatic heterocycles. The Bertz CT molecular complexity index is 1030. The summed E-state index contributed by atoms with van der Waals surface area (Å²) in [6, 6.07) is 15.9. The molecule has 0 spiro atoms. The highest BCUT2D eigenvalue weighted by atomic mass is 32.2. The number of nitrogens with zero attached hydrogens (tertiary/aromatic N) is 3. The SMILES string of the molecule is CCCCSC1=NN2C(=c3ccccc3=N[C@@H]2c2ccccc2C)C(=O)N1. The predicted molar refractivity (Wildman–Crippen MR) is 109 cm³/mol. The number of fused-ring (bicyclic) bond motifs is 2. The number of hydrogen-bond acceptors (Lipinski definition) is 5. The van der Waals surface area contributed by atoms with Crippen LogP contribution in [-0.2, 0) is 4.79 Å². The number of amidine groups is 1. The summed E-state index contributed by atoms with van der Waals surface area (Å²) in [4.78, 5) is 17.9. The number of amides is 1. The monoisotopic (exact) mass is 378 g/mol. The molecule has 6 heteroatoms. The van der Waals surface area contributed by atoms with E-state index in [-0.39, 0.29) is 12.1 Å². The average molecular weight is 379 g/mol. The van der Waals surface area contributed by atoms with Crippen LogP contribution in [0.25, 0.3) is 5.70 Å². The van der Waals surface area contributed by atoms with Gasteiger partial charge in [-0.05, 0) is 25.0 Å². The van der Waals surface area contributed by atoms with Crippen molar-refractivity contribution >= 4 is 28.5 Å². The molecule has 0 radical (unpaired) electrons. The molecule has 2 aromatic rings. The first-order valence-electron chi connectivity index (χ1n) is 9.23. The first kappa shape index (κ1) is 17.8. The second kappa shape index (κ2) is 7.56. The standard InChI is InChI=1S/C21H22N4OS/c1-3-4-13-27-21-23-20(26)18-16-11-7-8-12-17(16)22-19(25(18)24-21)15-10-6-5-9-14(15)2/h5-12,19H,3-4,13H2,1-2H3,(H,23,24,26)/t19-/m0/s1. The molecule has 138 valence electrons. The third-order valence-electron chi connectivity index (χ3n) is 4.72. The minimum atomic E-state index is -0.344. The quantitative estimate of drug-likeness (QED) is 0.832. The van der Waals surface area contributed by atoms with Gasteiger partial charge in [0.1, 0.15) is 5.70 Å². The highest BCUT2D eigenvalue weighted by Crippen LogP contribution is 2.32. The van der Waals surface area contributed by atoms with Crippen molar-refractivity contribution in [3.63, 3.8) is 0 Å². The second-order valence-electron chi connectivity index (χ2n) is 6.63. The summed E-state index contributed by atoms with van der Waals surface area (Å²) >= 11 is 1.59. The van der Waals surface area contributed by atoms with Gasteiger partial charge < -0.3 is 0 Å². The highest BCUT2D eigenvalue weighted by Gasteiger charge is 2.34. The lowest BCUT2D eigenvalue weighted by Gasteiger charge is -2.34. The largest absolute Gasteiger partial charge is 0.298 e. The van der Waals surface area contributed by atoms with Crippen LogP contribution in [0.2, 0.25) is 0 Å². The minimum absolute atomic E-state index is 0.120. The van der Waals surface area contributed by atoms with Crippen molar-refractivity contribution in [2.24, 2.45) is 10.1 Å². The molecule has 1 N–H and O–H groups in total. The Hall–Kier alpha value is -2.60. The Morgan fingerprint density at radius 2 is 1.93 bits per heavy atom. The zero-order chi connectivity index (χ0) is 18.8. The average Bonchev–Trinajstić information content (AvgIpc) is 2.68. The molecule has 1 atom stereocenters. The van der Waals surface area contributed by atoms with E-state index in [4.69, 9.17) is 10.1 Å². The van der Waals surface area contributed by atoms with Gasteiger partial charge >= 0.3 is 0 Å². The maximum atomic E-state index is 13.0. The van der Waals surface area contributed by atoms with Crippen LogP contribution >= 0.6 is 11.8 Å². The smallest absolute Gasteiger partial charge is 0.276 e. The van der Waals surface area contributed by atoms with Crippen molar-refractivity contribution in [1.29, 1.82) is 0 Å². The molecule has 0 fully saturated rings. The molecular weight excluding hydrogens is 356 g/mol. The summed E-state index contributed by atoms with van der Waals surface area (Å²) in [7, 11) is 0. The Balaban J connectivity index is 1.86. The van der Waals surface area contributed by atoms with Gasteiger partial charge in [0.2, 0.25) is 0 Å². The summed E-state index contributed by atoms with van der Waals surface area (Å²) in [6.07, 6.45) is 1.86. The normalized spacial score (nSPS) is 18.2. The number of para-hydroxylation sites is 1. The maximum Gasteiger partial charge on any atom is 0.276 e. The summed E-state index contributed by atoms with van der Waals surface area (Å²) in [5.74, 6) is 0.812. The molecule has 2 aliphatic heterocycles. The van der Waals surface area contributed by atoms with E-state index in [0.29, 0.717) is 10.9 Å². The lowest BCUT2D eigenvalue weighted by molar-refractivity contribution is -0.116. The highest BCUT2D eigenvalue weighted by molar-refractivity contribution is 8.13. The van der Waals surface area contributed by atoms with E-state index in [1.807, 2.05) is 36.4 Å². The van der Waals surface area contributed by atoms with Gasteiger partial charge in [-0.1, -0.05) is 67.6 Å². The number of thioether (sulfide) groups is 1. The lowest BCUT2D eigenvalue weighted by atomic mass is 10.0. The van der Waals surface area contributed by atoms with E-state index >= 15 is 0 Å². The molecule has 0 saturated heterocycles. The van der Waals surface area contributed by atoms with Crippen molar-refractivity contribution in [2.75, 3.05) is 5.75 Å². The molecule has 0 aliphatic carbocycles. The van der Waals surface area contributed by atoms with Crippen molar-refractivity contribution in [1.82, 2.24) is 10.3 Å². The predicted octanol–water partition coefficient (Wildman–Crippen LogP) is 2.67. The van der Waals surface area contributed by atoms with Crippen LogP contribution < -0.4 is 15.9 Å². The van der Waals surface area contributed by atoms with E-state index < -0.39 is 0 Å². The van der Waals surface area contributed by atoms with Crippen LogP contribution in [0.4, 0.5) is 0 Å². The molecule has 2 aromatic carbocycles. The van der Waals surface area contributed by atoms with Crippen molar-refractivity contribution in [3.8, 4) is 0 Å². The number of carbonyl (C=O) groups is 1. The van der Waals surface area contributed by atoms with Gasteiger partial charge in [0, 0.05) is 16.5 Å². The van der Waals surface area contributed by atoms with Crippen LogP contribution in [0.5, 0.6) is 0 Å². The number of hydrogen-bond donors (Lipinski definition) is 1. The zero-order valence-corrected chi connectivity index (χ0v) is 16.3. The maximum absolute atomic E-state index is 13.0. The Morgan fingerprint density at radius 3 is 2.74 bits per heavy atom. The Kier molecular flexibility index (Phi) is 4.99. The van der Waals surface area contributed by atoms with Crippen LogP contribution in [-0.4, -0.2) is 21.8 Å². The van der Waals surface area contributed by atoms with Gasteiger partial charge in [-0.3, -0.25) is 15.1 Å². The van der Waals surface area contributed by atoms with E-state index in [1.165, 1.54) is 0 Å². The number of nitrogens with one attached hydrogen (secondary N) is 1. The topological polar surface area (TPSA) is 57.1 Å². The number of aryl methyl sites for hydroxylation is 1. The Labute approximate surface area is 162 Å². The van der Waals surface area contributed by atoms with Crippen LogP contribution in [0.15, 0.2) is 58.6 Å². The third-order valence-corrected chi connectivity index (χ3v) is 5.67. The first-order valence-corrected chi connectivity index (χ1v) is 10.2. The fourth-order valence-electron chi connectivity index (χ4n) is 3.28. The minimum Gasteiger partial charge on any atom is -0.298 e. The molecule has 4 rings (SSSR count). The molecular formula is C21H22N4OS. The molecule has 2 aliphatic rings. The third kappa shape index (κ3) is 3.37. The van der Waals surface area contributed by atoms with Gasteiger partial charge in [0.25, 0.3) is 5.91 Å². The van der Waals surface area contributed by atoms with E-state index in [9.17, 15) is 4.79 Å². The van der Waals surface area contributed by atoms with Gasteiger partial charge in [0.05, 0.1) is 5.36 Å². The summed E-state index contributed by atoms with van der Waals surface area (Å²) in [6.45, 7) is 4.22. The van der Waals surface area contributed by atoms with Gasteiger partial charge in [-0.2, -0.15) is 0 Å². The van der Waals surface area contributed by atoms with Crippen molar-refractivity contribution in [2.45, 2.75) is 32.9 Å². The summed E-state index contributed by atoms with van der Waals surface area (Å²) in [5, 5.41) is 11.8. The number of carbonyl (C=O) groups excluding carboxylic acids is 1. The van der Waals surface area contributed by atoms with Gasteiger partial charge in [-0.15, -0.1) is 5.10 Å². The molecule has 5 nitrogen and oxygen atoms in total. The van der Waals surface area contributed by atoms with Gasteiger partial charge in [0.15, 0.2) is 11.3 Å². The van der Waals surface area contributed by atoms with E-state index in [2.05, 4.69) is 31.3 Å². The lowest BCUT2D eigenvalue weighted by Crippen LogP contribution is -2.50. The Morgan fingerprint density at radius 1 is 1.15 bits per heavy atom. The molecule has 1 amide bonds. The van der Waals surface area contributed by atoms with Gasteiger partial charge in [-0.25, -0.2) is 5.01 Å². The van der Waals surface area contributed by atoms with E-state index in [0.717, 1.165) is 40.3 Å². The number of rotatable bonds is 4. The molecule has 0 bridgehead atoms. The number of benzene rings is 2. The molecule has 2 heterocycles. The fourth-order valence-corrected chi connectivity index (χ4v) is 4.22. The second-order valence-corrected chi connectivity index (χ2v) is 7.71. The van der Waals surface area contributed by atoms with Crippen LogP contribution in [0.3, 0.4) is 0 Å². The summed E-state index contributed by atoms with van der Waals surface area (Å²) in [5.41, 5.74) is 2.75. The van der Waals surface area contributed by atoms with Crippen molar-refractivity contribution in [3.05, 3.63) is 70.2 Å². The number of hydrazone groups is 1. The molecule has 27 heavy (non-hydrogen) atoms. The molecule has 0 unspecified atom stereocenters. The van der Waals surface area contributed by atoms with E-state index in [1.54, 1.807) is 16.8 Å². The summed E-state index contributed by atoms with van der Waals surface area (Å²) < 4.78 is 0. The van der Waals surface area contributed by atoms with Crippen LogP contribution in [0.1, 0.15) is 37.1 Å². The zero-order valence-electron chi connectivity index (χ0n) is 15.5. The number of unbranched alkanes of at least 4 members (excludes halogenated alkanes) is 1.